The fraction of sp³-hybridized carbons (Fsp3) is 0.222. The molecule has 2 amide bonds. The van der Waals surface area contributed by atoms with Crippen LogP contribution < -0.4 is 10.6 Å². The van der Waals surface area contributed by atoms with Crippen molar-refractivity contribution in [2.24, 2.45) is 5.73 Å². The van der Waals surface area contributed by atoms with Crippen LogP contribution in [0.25, 0.3) is 21.8 Å². The van der Waals surface area contributed by atoms with Crippen molar-refractivity contribution in [1.29, 1.82) is 0 Å². The van der Waals surface area contributed by atoms with Crippen molar-refractivity contribution in [3.63, 3.8) is 0 Å². The van der Waals surface area contributed by atoms with Gasteiger partial charge in [0.15, 0.2) is 0 Å². The fourth-order valence-corrected chi connectivity index (χ4v) is 3.98. The van der Waals surface area contributed by atoms with E-state index in [1.807, 2.05) is 35.2 Å². The number of nitrogens with zero attached hydrogens (tertiary/aromatic N) is 1. The molecule has 2 heterocycles. The molecule has 0 unspecified atom stereocenters. The zero-order valence-electron chi connectivity index (χ0n) is 12.9. The Kier molecular flexibility index (Phi) is 3.57. The van der Waals surface area contributed by atoms with Crippen LogP contribution in [0.1, 0.15) is 18.4 Å². The first kappa shape index (κ1) is 15.2. The van der Waals surface area contributed by atoms with E-state index in [1.165, 1.54) is 0 Å². The summed E-state index contributed by atoms with van der Waals surface area (Å²) in [5.74, 6) is -0.193. The molecule has 0 aliphatic carbocycles. The number of halogens is 1. The van der Waals surface area contributed by atoms with E-state index in [4.69, 9.17) is 5.73 Å². The number of anilines is 1. The predicted molar refractivity (Wildman–Crippen MR) is 98.0 cm³/mol. The number of rotatable bonds is 3. The van der Waals surface area contributed by atoms with Crippen molar-refractivity contribution in [3.8, 4) is 0 Å². The minimum Gasteiger partial charge on any atom is -0.369 e. The van der Waals surface area contributed by atoms with Crippen LogP contribution in [0.2, 0.25) is 0 Å². The van der Waals surface area contributed by atoms with Crippen LogP contribution in [0, 0.1) is 0 Å². The van der Waals surface area contributed by atoms with Crippen molar-refractivity contribution in [3.05, 3.63) is 40.4 Å². The van der Waals surface area contributed by atoms with Gasteiger partial charge in [-0.25, -0.2) is 0 Å². The standard InChI is InChI=1S/C18H16BrN3O2/c19-13-6-3-10(8-15(20)23)18-17(13)12-5-4-11(9-14(12)21-18)22-7-1-2-16(22)24/h3-6,9,21H,1-2,7-8H2,(H2,20,23). The minimum atomic E-state index is -0.361. The first-order chi connectivity index (χ1) is 11.5. The summed E-state index contributed by atoms with van der Waals surface area (Å²) in [6.45, 7) is 0.765. The molecule has 3 N–H and O–H groups in total. The number of amides is 2. The van der Waals surface area contributed by atoms with E-state index < -0.39 is 0 Å². The second-order valence-corrected chi connectivity index (χ2v) is 6.96. The van der Waals surface area contributed by atoms with Gasteiger partial charge in [0.2, 0.25) is 11.8 Å². The Hall–Kier alpha value is -2.34. The topological polar surface area (TPSA) is 79.2 Å². The number of carbonyl (C=O) groups is 2. The lowest BCUT2D eigenvalue weighted by Crippen LogP contribution is -2.23. The molecule has 24 heavy (non-hydrogen) atoms. The first-order valence-corrected chi connectivity index (χ1v) is 8.65. The molecule has 1 fully saturated rings. The van der Waals surface area contributed by atoms with Crippen LogP contribution in [0.3, 0.4) is 0 Å². The van der Waals surface area contributed by atoms with E-state index in [9.17, 15) is 9.59 Å². The van der Waals surface area contributed by atoms with Gasteiger partial charge < -0.3 is 15.6 Å². The Morgan fingerprint density at radius 2 is 2.12 bits per heavy atom. The van der Waals surface area contributed by atoms with Crippen molar-refractivity contribution in [2.45, 2.75) is 19.3 Å². The molecular formula is C18H16BrN3O2. The Bertz CT molecular complexity index is 993. The molecule has 0 bridgehead atoms. The highest BCUT2D eigenvalue weighted by Gasteiger charge is 2.22. The molecule has 122 valence electrons. The molecule has 2 aromatic carbocycles. The molecule has 3 aromatic rings. The monoisotopic (exact) mass is 385 g/mol. The van der Waals surface area contributed by atoms with E-state index in [0.29, 0.717) is 6.42 Å². The fourth-order valence-electron chi connectivity index (χ4n) is 3.44. The summed E-state index contributed by atoms with van der Waals surface area (Å²) in [5.41, 5.74) is 8.99. The number of primary amides is 1. The van der Waals surface area contributed by atoms with E-state index in [1.54, 1.807) is 0 Å². The SMILES string of the molecule is NC(=O)Cc1ccc(Br)c2c1[nH]c1cc(N3CCCC3=O)ccc12. The molecule has 0 spiro atoms. The molecule has 0 atom stereocenters. The van der Waals surface area contributed by atoms with Gasteiger partial charge in [-0.05, 0) is 30.2 Å². The highest BCUT2D eigenvalue weighted by molar-refractivity contribution is 9.10. The molecule has 1 aliphatic rings. The van der Waals surface area contributed by atoms with Gasteiger partial charge in [0.1, 0.15) is 0 Å². The van der Waals surface area contributed by atoms with Crippen LogP contribution in [-0.2, 0) is 16.0 Å². The smallest absolute Gasteiger partial charge is 0.227 e. The van der Waals surface area contributed by atoms with Gasteiger partial charge in [0, 0.05) is 39.4 Å². The Labute approximate surface area is 146 Å². The Balaban J connectivity index is 1.92. The molecule has 1 saturated heterocycles. The summed E-state index contributed by atoms with van der Waals surface area (Å²) in [7, 11) is 0. The van der Waals surface area contributed by atoms with Crippen LogP contribution in [0.4, 0.5) is 5.69 Å². The lowest BCUT2D eigenvalue weighted by atomic mass is 10.1. The highest BCUT2D eigenvalue weighted by atomic mass is 79.9. The average molecular weight is 386 g/mol. The van der Waals surface area contributed by atoms with Crippen molar-refractivity contribution in [1.82, 2.24) is 4.98 Å². The maximum atomic E-state index is 12.0. The Morgan fingerprint density at radius 3 is 2.83 bits per heavy atom. The predicted octanol–water partition coefficient (Wildman–Crippen LogP) is 3.24. The molecule has 5 nitrogen and oxygen atoms in total. The highest BCUT2D eigenvalue weighted by Crippen LogP contribution is 2.36. The number of nitrogens with one attached hydrogen (secondary N) is 1. The van der Waals surface area contributed by atoms with E-state index >= 15 is 0 Å². The summed E-state index contributed by atoms with van der Waals surface area (Å²) >= 11 is 3.59. The van der Waals surface area contributed by atoms with Gasteiger partial charge in [-0.1, -0.05) is 28.1 Å². The zero-order valence-corrected chi connectivity index (χ0v) is 14.5. The number of H-pyrrole nitrogens is 1. The number of benzene rings is 2. The molecule has 6 heteroatoms. The number of hydrogen-bond acceptors (Lipinski definition) is 2. The summed E-state index contributed by atoms with van der Waals surface area (Å²) in [4.78, 5) is 28.5. The number of nitrogens with two attached hydrogens (primary N) is 1. The van der Waals surface area contributed by atoms with Gasteiger partial charge in [-0.2, -0.15) is 0 Å². The quantitative estimate of drug-likeness (QED) is 0.725. The lowest BCUT2D eigenvalue weighted by molar-refractivity contribution is -0.118. The summed E-state index contributed by atoms with van der Waals surface area (Å²) in [5, 5.41) is 2.08. The van der Waals surface area contributed by atoms with Gasteiger partial charge in [0.25, 0.3) is 0 Å². The van der Waals surface area contributed by atoms with Gasteiger partial charge >= 0.3 is 0 Å². The third-order valence-electron chi connectivity index (χ3n) is 4.52. The second-order valence-electron chi connectivity index (χ2n) is 6.10. The van der Waals surface area contributed by atoms with E-state index in [0.717, 1.165) is 50.5 Å². The van der Waals surface area contributed by atoms with Crippen molar-refractivity contribution >= 4 is 55.2 Å². The average Bonchev–Trinajstić information content (AvgIpc) is 3.13. The molecule has 0 saturated carbocycles. The maximum Gasteiger partial charge on any atom is 0.227 e. The lowest BCUT2D eigenvalue weighted by Gasteiger charge is -2.15. The third-order valence-corrected chi connectivity index (χ3v) is 5.18. The van der Waals surface area contributed by atoms with Crippen LogP contribution in [0.5, 0.6) is 0 Å². The number of carbonyl (C=O) groups excluding carboxylic acids is 2. The van der Waals surface area contributed by atoms with Gasteiger partial charge in [0.05, 0.1) is 11.9 Å². The van der Waals surface area contributed by atoms with Crippen LogP contribution in [0.15, 0.2) is 34.8 Å². The Morgan fingerprint density at radius 1 is 1.29 bits per heavy atom. The zero-order chi connectivity index (χ0) is 16.8. The molecule has 1 aliphatic heterocycles. The van der Waals surface area contributed by atoms with Crippen molar-refractivity contribution in [2.75, 3.05) is 11.4 Å². The molecule has 1 aromatic heterocycles. The summed E-state index contributed by atoms with van der Waals surface area (Å²) < 4.78 is 0.960. The van der Waals surface area contributed by atoms with Gasteiger partial charge in [-0.3, -0.25) is 9.59 Å². The normalized spacial score (nSPS) is 14.9. The molecule has 0 radical (unpaired) electrons. The van der Waals surface area contributed by atoms with E-state index in [2.05, 4.69) is 20.9 Å². The largest absolute Gasteiger partial charge is 0.369 e. The summed E-state index contributed by atoms with van der Waals surface area (Å²) in [6.07, 6.45) is 1.70. The maximum absolute atomic E-state index is 12.0. The van der Waals surface area contributed by atoms with Crippen LogP contribution >= 0.6 is 15.9 Å². The summed E-state index contributed by atoms with van der Waals surface area (Å²) in [6, 6.07) is 9.84. The van der Waals surface area contributed by atoms with Gasteiger partial charge in [-0.15, -0.1) is 0 Å². The number of aromatic amines is 1. The van der Waals surface area contributed by atoms with Crippen LogP contribution in [-0.4, -0.2) is 23.3 Å². The second kappa shape index (κ2) is 5.63. The first-order valence-electron chi connectivity index (χ1n) is 7.86. The minimum absolute atomic E-state index is 0.168. The number of hydrogen-bond donors (Lipinski definition) is 2. The number of fused-ring (bicyclic) bond motifs is 3. The number of aromatic nitrogens is 1. The van der Waals surface area contributed by atoms with Crippen molar-refractivity contribution < 1.29 is 9.59 Å². The molecular weight excluding hydrogens is 370 g/mol. The third kappa shape index (κ3) is 2.38. The van der Waals surface area contributed by atoms with E-state index in [-0.39, 0.29) is 18.2 Å². The molecule has 4 rings (SSSR count).